The molecule has 136 valence electrons. The van der Waals surface area contributed by atoms with Crippen LogP contribution in [-0.2, 0) is 11.4 Å². The van der Waals surface area contributed by atoms with E-state index in [1.54, 1.807) is 18.2 Å². The average Bonchev–Trinajstić information content (AvgIpc) is 2.97. The molecular weight excluding hydrogens is 377 g/mol. The first-order chi connectivity index (χ1) is 11.1. The number of benzene rings is 1. The number of rotatable bonds is 4. The van der Waals surface area contributed by atoms with E-state index in [1.807, 2.05) is 0 Å². The lowest BCUT2D eigenvalue weighted by Gasteiger charge is -2.16. The number of para-hydroxylation sites is 1. The predicted octanol–water partition coefficient (Wildman–Crippen LogP) is 2.47. The maximum absolute atomic E-state index is 13.7. The Balaban J connectivity index is 0.00000156. The minimum absolute atomic E-state index is 0. The van der Waals surface area contributed by atoms with Crippen molar-refractivity contribution in [2.75, 3.05) is 13.1 Å². The highest BCUT2D eigenvalue weighted by Gasteiger charge is 2.21. The van der Waals surface area contributed by atoms with Crippen LogP contribution in [0.1, 0.15) is 5.69 Å². The van der Waals surface area contributed by atoms with Gasteiger partial charge in [0.1, 0.15) is 5.69 Å². The Labute approximate surface area is 155 Å². The number of hydrogen-bond donors (Lipinski definition) is 1. The number of nitrogens with one attached hydrogen (secondary N) is 1. The molecule has 3 rings (SSSR count). The minimum atomic E-state index is -0.758. The van der Waals surface area contributed by atoms with Gasteiger partial charge in [0.15, 0.2) is 24.4 Å². The fraction of sp³-hybridized carbons (Fsp3) is 0.200. The molecule has 0 spiro atoms. The molecule has 1 aliphatic rings. The smallest absolute Gasteiger partial charge is 0.224 e. The standard InChI is InChI=1S/C15H14F2N4O2.2ClH/c16-12-5-3-6-13(17)14(12)19-15-18-7-9-21(15)23-10-11-4-1-2-8-20(11)22;;/h1-6,8H,7,9-10H2,(H,18,19);2*1H. The van der Waals surface area contributed by atoms with Gasteiger partial charge in [-0.15, -0.1) is 24.8 Å². The molecule has 1 saturated heterocycles. The molecule has 25 heavy (non-hydrogen) atoms. The highest BCUT2D eigenvalue weighted by molar-refractivity contribution is 5.85. The molecule has 1 fully saturated rings. The zero-order valence-corrected chi connectivity index (χ0v) is 14.5. The number of halogens is 4. The van der Waals surface area contributed by atoms with E-state index in [2.05, 4.69) is 10.3 Å². The van der Waals surface area contributed by atoms with Crippen LogP contribution in [0.25, 0.3) is 0 Å². The molecule has 0 aliphatic carbocycles. The van der Waals surface area contributed by atoms with E-state index in [0.717, 1.165) is 12.1 Å². The summed E-state index contributed by atoms with van der Waals surface area (Å²) < 4.78 is 28.0. The summed E-state index contributed by atoms with van der Waals surface area (Å²) in [4.78, 5) is 9.45. The Kier molecular flexibility index (Phi) is 7.82. The quantitative estimate of drug-likeness (QED) is 0.641. The maximum Gasteiger partial charge on any atom is 0.224 e. The SMILES string of the molecule is Cl.Cl.[O-][n+]1ccccc1CON1CCN/C1=N\c1c(F)cccc1F. The highest BCUT2D eigenvalue weighted by atomic mass is 35.5. The van der Waals surface area contributed by atoms with Gasteiger partial charge in [0, 0.05) is 18.7 Å². The summed E-state index contributed by atoms with van der Waals surface area (Å²) in [5.74, 6) is -1.32. The second kappa shape index (κ2) is 9.36. The van der Waals surface area contributed by atoms with Gasteiger partial charge < -0.3 is 10.5 Å². The second-order valence-corrected chi connectivity index (χ2v) is 4.83. The van der Waals surface area contributed by atoms with Gasteiger partial charge >= 0.3 is 0 Å². The number of guanidine groups is 1. The van der Waals surface area contributed by atoms with Crippen LogP contribution in [0, 0.1) is 16.8 Å². The summed E-state index contributed by atoms with van der Waals surface area (Å²) in [6.45, 7) is 0.979. The Morgan fingerprint density at radius 3 is 2.56 bits per heavy atom. The van der Waals surface area contributed by atoms with Gasteiger partial charge in [0.25, 0.3) is 0 Å². The van der Waals surface area contributed by atoms with Crippen LogP contribution in [-0.4, -0.2) is 24.1 Å². The first kappa shape index (κ1) is 20.9. The van der Waals surface area contributed by atoms with Crippen LogP contribution in [0.4, 0.5) is 14.5 Å². The fourth-order valence-electron chi connectivity index (χ4n) is 2.11. The molecule has 2 heterocycles. The monoisotopic (exact) mass is 392 g/mol. The fourth-order valence-corrected chi connectivity index (χ4v) is 2.11. The molecule has 10 heteroatoms. The van der Waals surface area contributed by atoms with E-state index in [4.69, 9.17) is 4.84 Å². The van der Waals surface area contributed by atoms with Gasteiger partial charge in [-0.25, -0.2) is 18.8 Å². The normalized spacial score (nSPS) is 14.6. The van der Waals surface area contributed by atoms with Gasteiger partial charge in [0.2, 0.25) is 11.7 Å². The van der Waals surface area contributed by atoms with Crippen molar-refractivity contribution in [3.8, 4) is 0 Å². The largest absolute Gasteiger partial charge is 0.618 e. The van der Waals surface area contributed by atoms with Crippen LogP contribution in [0.15, 0.2) is 47.6 Å². The zero-order valence-electron chi connectivity index (χ0n) is 12.9. The summed E-state index contributed by atoms with van der Waals surface area (Å²) >= 11 is 0. The van der Waals surface area contributed by atoms with Crippen molar-refractivity contribution in [3.05, 3.63) is 65.1 Å². The summed E-state index contributed by atoms with van der Waals surface area (Å²) in [5.41, 5.74) is 0.0277. The van der Waals surface area contributed by atoms with Gasteiger partial charge in [-0.1, -0.05) is 6.07 Å². The molecule has 1 aliphatic heterocycles. The Morgan fingerprint density at radius 1 is 1.16 bits per heavy atom. The number of nitrogens with zero attached hydrogens (tertiary/aromatic N) is 3. The summed E-state index contributed by atoms with van der Waals surface area (Å²) in [6, 6.07) is 8.50. The van der Waals surface area contributed by atoms with Crippen molar-refractivity contribution in [2.45, 2.75) is 6.61 Å². The number of hydrogen-bond acceptors (Lipinski definition) is 3. The van der Waals surface area contributed by atoms with Gasteiger partial charge in [-0.3, -0.25) is 4.84 Å². The average molecular weight is 393 g/mol. The van der Waals surface area contributed by atoms with Crippen molar-refractivity contribution in [2.24, 2.45) is 4.99 Å². The van der Waals surface area contributed by atoms with Gasteiger partial charge in [-0.2, -0.15) is 4.73 Å². The molecule has 6 nitrogen and oxygen atoms in total. The van der Waals surface area contributed by atoms with Crippen molar-refractivity contribution in [3.63, 3.8) is 0 Å². The highest BCUT2D eigenvalue weighted by Crippen LogP contribution is 2.22. The number of hydroxylamine groups is 2. The van der Waals surface area contributed by atoms with Crippen molar-refractivity contribution < 1.29 is 18.3 Å². The molecule has 0 unspecified atom stereocenters. The predicted molar refractivity (Wildman–Crippen MR) is 92.8 cm³/mol. The Morgan fingerprint density at radius 2 is 1.88 bits per heavy atom. The van der Waals surface area contributed by atoms with Crippen molar-refractivity contribution in [1.29, 1.82) is 0 Å². The molecule has 0 bridgehead atoms. The molecule has 1 aromatic heterocycles. The first-order valence-corrected chi connectivity index (χ1v) is 6.99. The Bertz CT molecular complexity index is 729. The van der Waals surface area contributed by atoms with Crippen molar-refractivity contribution >= 4 is 36.5 Å². The lowest BCUT2D eigenvalue weighted by molar-refractivity contribution is -0.617. The molecule has 0 saturated carbocycles. The van der Waals surface area contributed by atoms with Crippen LogP contribution in [0.3, 0.4) is 0 Å². The van der Waals surface area contributed by atoms with Crippen LogP contribution >= 0.6 is 24.8 Å². The first-order valence-electron chi connectivity index (χ1n) is 6.99. The molecular formula is C15H16Cl2F2N4O2. The third-order valence-corrected chi connectivity index (χ3v) is 3.26. The molecule has 0 atom stereocenters. The third kappa shape index (κ3) is 4.91. The molecule has 2 aromatic rings. The maximum atomic E-state index is 13.7. The zero-order chi connectivity index (χ0) is 16.2. The van der Waals surface area contributed by atoms with Crippen molar-refractivity contribution in [1.82, 2.24) is 10.4 Å². The van der Waals surface area contributed by atoms with E-state index < -0.39 is 11.6 Å². The van der Waals surface area contributed by atoms with Crippen LogP contribution < -0.4 is 10.0 Å². The molecule has 1 N–H and O–H groups in total. The van der Waals surface area contributed by atoms with Gasteiger partial charge in [-0.05, 0) is 18.2 Å². The Hall–Kier alpha value is -2.16. The van der Waals surface area contributed by atoms with Gasteiger partial charge in [0.05, 0.1) is 6.54 Å². The molecule has 1 aromatic carbocycles. The second-order valence-electron chi connectivity index (χ2n) is 4.83. The number of pyridine rings is 1. The third-order valence-electron chi connectivity index (χ3n) is 3.26. The topological polar surface area (TPSA) is 63.8 Å². The molecule has 0 amide bonds. The van der Waals surface area contributed by atoms with E-state index in [-0.39, 0.29) is 43.1 Å². The van der Waals surface area contributed by atoms with Crippen LogP contribution in [0.2, 0.25) is 0 Å². The van der Waals surface area contributed by atoms with E-state index in [0.29, 0.717) is 23.5 Å². The van der Waals surface area contributed by atoms with Crippen LogP contribution in [0.5, 0.6) is 0 Å². The molecule has 0 radical (unpaired) electrons. The number of aliphatic imine (C=N–C) groups is 1. The lowest BCUT2D eigenvalue weighted by atomic mass is 10.3. The summed E-state index contributed by atoms with van der Waals surface area (Å²) in [6.07, 6.45) is 1.37. The lowest BCUT2D eigenvalue weighted by Crippen LogP contribution is -2.35. The summed E-state index contributed by atoms with van der Waals surface area (Å²) in [7, 11) is 0. The summed E-state index contributed by atoms with van der Waals surface area (Å²) in [5, 5.41) is 15.8. The minimum Gasteiger partial charge on any atom is -0.618 e. The van der Waals surface area contributed by atoms with E-state index >= 15 is 0 Å². The van der Waals surface area contributed by atoms with E-state index in [9.17, 15) is 14.0 Å². The number of aromatic nitrogens is 1. The van der Waals surface area contributed by atoms with E-state index in [1.165, 1.54) is 17.3 Å².